The average Bonchev–Trinajstić information content (AvgIpc) is 2.46. The van der Waals surface area contributed by atoms with E-state index in [0.717, 1.165) is 22.9 Å². The Bertz CT molecular complexity index is 499. The van der Waals surface area contributed by atoms with Gasteiger partial charge >= 0.3 is 0 Å². The molecule has 0 aromatic heterocycles. The third-order valence-corrected chi connectivity index (χ3v) is 8.95. The molecular formula is C14H16N2S4. The van der Waals surface area contributed by atoms with Gasteiger partial charge in [-0.2, -0.15) is 0 Å². The van der Waals surface area contributed by atoms with E-state index < -0.39 is 0 Å². The summed E-state index contributed by atoms with van der Waals surface area (Å²) < 4.78 is 0. The van der Waals surface area contributed by atoms with Gasteiger partial charge in [-0.3, -0.25) is 0 Å². The standard InChI is InChI=1S/C14H16N2S4/c15-13-7-3-1-5-11(13)9-17-19-20-18-10-12-6-2-4-8-14(12)16/h1-8H,9-10,15-16H2. The summed E-state index contributed by atoms with van der Waals surface area (Å²) in [6.45, 7) is 0. The molecule has 0 amide bonds. The molecule has 0 aliphatic heterocycles. The van der Waals surface area contributed by atoms with Gasteiger partial charge in [0.2, 0.25) is 0 Å². The van der Waals surface area contributed by atoms with Crippen molar-refractivity contribution in [1.82, 2.24) is 0 Å². The van der Waals surface area contributed by atoms with Crippen LogP contribution < -0.4 is 11.5 Å². The van der Waals surface area contributed by atoms with Crippen molar-refractivity contribution in [3.8, 4) is 0 Å². The number of anilines is 2. The number of rotatable bonds is 7. The highest BCUT2D eigenvalue weighted by Crippen LogP contribution is 2.46. The van der Waals surface area contributed by atoms with Gasteiger partial charge < -0.3 is 11.5 Å². The van der Waals surface area contributed by atoms with Gasteiger partial charge in [0.05, 0.1) is 0 Å². The summed E-state index contributed by atoms with van der Waals surface area (Å²) in [5.74, 6) is 1.86. The van der Waals surface area contributed by atoms with Gasteiger partial charge in [-0.25, -0.2) is 0 Å². The van der Waals surface area contributed by atoms with Crippen molar-refractivity contribution >= 4 is 52.6 Å². The van der Waals surface area contributed by atoms with Gasteiger partial charge in [-0.1, -0.05) is 58.0 Å². The lowest BCUT2D eigenvalue weighted by atomic mass is 10.2. The quantitative estimate of drug-likeness (QED) is 0.409. The van der Waals surface area contributed by atoms with E-state index in [2.05, 4.69) is 12.1 Å². The Kier molecular flexibility index (Phi) is 6.86. The number of nitrogens with two attached hydrogens (primary N) is 2. The van der Waals surface area contributed by atoms with Gasteiger partial charge in [0.1, 0.15) is 0 Å². The van der Waals surface area contributed by atoms with Gasteiger partial charge in [0, 0.05) is 22.9 Å². The number of hydrogen-bond donors (Lipinski definition) is 2. The fourth-order valence-corrected chi connectivity index (χ4v) is 7.48. The summed E-state index contributed by atoms with van der Waals surface area (Å²) in [5.41, 5.74) is 15.9. The number of hydrogen-bond acceptors (Lipinski definition) is 6. The minimum absolute atomic E-state index is 0.871. The first kappa shape index (κ1) is 15.8. The van der Waals surface area contributed by atoms with E-state index in [9.17, 15) is 0 Å². The zero-order chi connectivity index (χ0) is 14.2. The highest BCUT2D eigenvalue weighted by molar-refractivity contribution is 9.25. The molecule has 6 heteroatoms. The van der Waals surface area contributed by atoms with Crippen LogP contribution in [0.4, 0.5) is 11.4 Å². The van der Waals surface area contributed by atoms with E-state index in [1.165, 1.54) is 11.1 Å². The van der Waals surface area contributed by atoms with Crippen LogP contribution in [0.2, 0.25) is 0 Å². The van der Waals surface area contributed by atoms with Crippen molar-refractivity contribution < 1.29 is 0 Å². The minimum Gasteiger partial charge on any atom is -0.398 e. The SMILES string of the molecule is Nc1ccccc1CSSSSCc1ccccc1N. The molecule has 2 aromatic carbocycles. The van der Waals surface area contributed by atoms with Crippen LogP contribution in [0.1, 0.15) is 11.1 Å². The fraction of sp³-hybridized carbons (Fsp3) is 0.143. The molecule has 2 nitrogen and oxygen atoms in total. The minimum atomic E-state index is 0.871. The van der Waals surface area contributed by atoms with E-state index in [1.807, 2.05) is 58.0 Å². The number of para-hydroxylation sites is 2. The molecule has 2 aromatic rings. The topological polar surface area (TPSA) is 52.0 Å². The predicted molar refractivity (Wildman–Crippen MR) is 99.5 cm³/mol. The Hall–Kier alpha value is -0.560. The Morgan fingerprint density at radius 3 is 1.45 bits per heavy atom. The van der Waals surface area contributed by atoms with Crippen molar-refractivity contribution in [1.29, 1.82) is 0 Å². The number of benzene rings is 2. The van der Waals surface area contributed by atoms with Crippen LogP contribution in [-0.4, -0.2) is 0 Å². The fourth-order valence-electron chi connectivity index (χ4n) is 1.55. The second kappa shape index (κ2) is 8.67. The first-order chi connectivity index (χ1) is 9.77. The van der Waals surface area contributed by atoms with E-state index >= 15 is 0 Å². The summed E-state index contributed by atoms with van der Waals surface area (Å²) in [4.78, 5) is 0. The normalized spacial score (nSPS) is 10.6. The van der Waals surface area contributed by atoms with Crippen LogP contribution in [0.25, 0.3) is 0 Å². The maximum Gasteiger partial charge on any atom is 0.0355 e. The molecule has 0 saturated heterocycles. The third kappa shape index (κ3) is 5.09. The van der Waals surface area contributed by atoms with Crippen LogP contribution >= 0.6 is 41.2 Å². The molecule has 2 rings (SSSR count). The summed E-state index contributed by atoms with van der Waals surface area (Å²) in [5, 5.41) is 0. The number of nitrogen functional groups attached to an aromatic ring is 2. The maximum atomic E-state index is 5.91. The van der Waals surface area contributed by atoms with Crippen molar-refractivity contribution in [3.05, 3.63) is 59.7 Å². The van der Waals surface area contributed by atoms with Crippen LogP contribution in [0, 0.1) is 0 Å². The van der Waals surface area contributed by atoms with Crippen molar-refractivity contribution in [2.75, 3.05) is 11.5 Å². The van der Waals surface area contributed by atoms with Crippen LogP contribution in [0.15, 0.2) is 48.5 Å². The van der Waals surface area contributed by atoms with E-state index in [1.54, 1.807) is 19.7 Å². The molecule has 0 unspecified atom stereocenters. The van der Waals surface area contributed by atoms with E-state index in [4.69, 9.17) is 11.5 Å². The smallest absolute Gasteiger partial charge is 0.0355 e. The van der Waals surface area contributed by atoms with E-state index in [-0.39, 0.29) is 0 Å². The lowest BCUT2D eigenvalue weighted by Gasteiger charge is -2.05. The van der Waals surface area contributed by atoms with Gasteiger partial charge in [-0.15, -0.1) is 0 Å². The summed E-state index contributed by atoms with van der Waals surface area (Å²) in [6.07, 6.45) is 0. The Morgan fingerprint density at radius 2 is 1.05 bits per heavy atom. The maximum absolute atomic E-state index is 5.91. The first-order valence-electron chi connectivity index (χ1n) is 6.02. The highest BCUT2D eigenvalue weighted by atomic mass is 33.7. The summed E-state index contributed by atoms with van der Waals surface area (Å²) >= 11 is 0. The van der Waals surface area contributed by atoms with Crippen molar-refractivity contribution in [2.45, 2.75) is 11.5 Å². The zero-order valence-corrected chi connectivity index (χ0v) is 14.1. The Balaban J connectivity index is 1.63. The Labute approximate surface area is 135 Å². The molecule has 20 heavy (non-hydrogen) atoms. The van der Waals surface area contributed by atoms with Gasteiger partial charge in [0.25, 0.3) is 0 Å². The molecule has 0 bridgehead atoms. The molecule has 4 N–H and O–H groups in total. The first-order valence-corrected chi connectivity index (χ1v) is 11.2. The molecule has 0 saturated carbocycles. The van der Waals surface area contributed by atoms with E-state index in [0.29, 0.717) is 0 Å². The predicted octanol–water partition coefficient (Wildman–Crippen LogP) is 5.23. The lowest BCUT2D eigenvalue weighted by molar-refractivity contribution is 1.43. The second-order valence-electron chi connectivity index (χ2n) is 4.06. The van der Waals surface area contributed by atoms with Crippen LogP contribution in [0.5, 0.6) is 0 Å². The largest absolute Gasteiger partial charge is 0.398 e. The molecule has 0 aliphatic rings. The zero-order valence-electron chi connectivity index (χ0n) is 10.8. The molecule has 0 heterocycles. The lowest BCUT2D eigenvalue weighted by Crippen LogP contribution is -1.90. The monoisotopic (exact) mass is 340 g/mol. The molecule has 0 fully saturated rings. The second-order valence-corrected chi connectivity index (χ2v) is 10.1. The van der Waals surface area contributed by atoms with Crippen molar-refractivity contribution in [2.24, 2.45) is 0 Å². The molecule has 0 spiro atoms. The molecular weight excluding hydrogens is 324 g/mol. The molecule has 0 atom stereocenters. The average molecular weight is 341 g/mol. The van der Waals surface area contributed by atoms with Crippen LogP contribution in [-0.2, 0) is 11.5 Å². The molecule has 106 valence electrons. The molecule has 0 radical (unpaired) electrons. The van der Waals surface area contributed by atoms with Crippen molar-refractivity contribution in [3.63, 3.8) is 0 Å². The van der Waals surface area contributed by atoms with Gasteiger partial charge in [0.15, 0.2) is 0 Å². The molecule has 0 aliphatic carbocycles. The summed E-state index contributed by atoms with van der Waals surface area (Å²) in [7, 11) is 7.18. The Morgan fingerprint density at radius 1 is 0.650 bits per heavy atom. The highest BCUT2D eigenvalue weighted by Gasteiger charge is 2.01. The third-order valence-electron chi connectivity index (χ3n) is 2.66. The summed E-state index contributed by atoms with van der Waals surface area (Å²) in [6, 6.07) is 16.0. The van der Waals surface area contributed by atoms with Gasteiger partial charge in [-0.05, 0) is 42.9 Å². The van der Waals surface area contributed by atoms with Crippen LogP contribution in [0.3, 0.4) is 0 Å².